The van der Waals surface area contributed by atoms with Gasteiger partial charge in [-0.05, 0) is 38.0 Å². The molecule has 0 unspecified atom stereocenters. The van der Waals surface area contributed by atoms with Gasteiger partial charge in [0, 0.05) is 61.7 Å². The first-order valence-corrected chi connectivity index (χ1v) is 10.7. The maximum Gasteiger partial charge on any atom is 0.254 e. The van der Waals surface area contributed by atoms with E-state index >= 15 is 0 Å². The molecule has 3 aromatic rings. The first-order valence-electron chi connectivity index (χ1n) is 10.4. The molecule has 0 radical (unpaired) electrons. The number of aryl methyl sites for hydroxylation is 1. The van der Waals surface area contributed by atoms with Gasteiger partial charge in [0.15, 0.2) is 5.82 Å². The molecule has 0 spiro atoms. The Balaban J connectivity index is 1.29. The van der Waals surface area contributed by atoms with Crippen LogP contribution >= 0.6 is 11.6 Å². The molecule has 0 N–H and O–H groups in total. The van der Waals surface area contributed by atoms with Crippen molar-refractivity contribution < 1.29 is 0 Å². The summed E-state index contributed by atoms with van der Waals surface area (Å²) < 4.78 is 1.93. The zero-order valence-electron chi connectivity index (χ0n) is 16.8. The lowest BCUT2D eigenvalue weighted by atomic mass is 10.2. The fraction of sp³-hybridized carbons (Fsp3) is 0.476. The Morgan fingerprint density at radius 1 is 0.931 bits per heavy atom. The maximum atomic E-state index is 6.14. The van der Waals surface area contributed by atoms with Crippen molar-refractivity contribution in [2.24, 2.45) is 0 Å². The second-order valence-electron chi connectivity index (χ2n) is 7.93. The minimum Gasteiger partial charge on any atom is -0.369 e. The van der Waals surface area contributed by atoms with E-state index in [4.69, 9.17) is 21.7 Å². The van der Waals surface area contributed by atoms with Gasteiger partial charge in [-0.15, -0.1) is 5.10 Å². The van der Waals surface area contributed by atoms with Crippen LogP contribution in [0, 0.1) is 6.92 Å². The molecule has 2 fully saturated rings. The van der Waals surface area contributed by atoms with Crippen LogP contribution in [-0.2, 0) is 6.54 Å². The number of hydrogen-bond donors (Lipinski definition) is 0. The molecule has 1 aromatic carbocycles. The van der Waals surface area contributed by atoms with Gasteiger partial charge in [-0.25, -0.2) is 4.98 Å². The topological polar surface area (TPSA) is 52.8 Å². The Morgan fingerprint density at radius 2 is 1.72 bits per heavy atom. The third-order valence-electron chi connectivity index (χ3n) is 5.81. The number of anilines is 2. The fourth-order valence-electron chi connectivity index (χ4n) is 4.28. The highest BCUT2D eigenvalue weighted by Crippen LogP contribution is 2.23. The molecule has 2 aliphatic heterocycles. The number of aromatic nitrogens is 4. The van der Waals surface area contributed by atoms with Crippen molar-refractivity contribution in [3.8, 4) is 0 Å². The first-order chi connectivity index (χ1) is 14.2. The summed E-state index contributed by atoms with van der Waals surface area (Å²) in [6.07, 6.45) is 2.47. The predicted octanol–water partition coefficient (Wildman–Crippen LogP) is 3.01. The van der Waals surface area contributed by atoms with E-state index in [-0.39, 0.29) is 0 Å². The number of hydrogen-bond acceptors (Lipinski definition) is 6. The zero-order chi connectivity index (χ0) is 19.8. The van der Waals surface area contributed by atoms with Crippen molar-refractivity contribution in [1.29, 1.82) is 0 Å². The van der Waals surface area contributed by atoms with Gasteiger partial charge < -0.3 is 9.80 Å². The van der Waals surface area contributed by atoms with Crippen molar-refractivity contribution in [2.45, 2.75) is 26.3 Å². The lowest BCUT2D eigenvalue weighted by Gasteiger charge is -2.35. The van der Waals surface area contributed by atoms with Gasteiger partial charge in [0.25, 0.3) is 5.78 Å². The van der Waals surface area contributed by atoms with Gasteiger partial charge in [-0.3, -0.25) is 4.90 Å². The molecule has 4 heterocycles. The molecule has 7 nitrogen and oxygen atoms in total. The van der Waals surface area contributed by atoms with E-state index in [2.05, 4.69) is 31.8 Å². The van der Waals surface area contributed by atoms with E-state index in [1.165, 1.54) is 18.5 Å². The van der Waals surface area contributed by atoms with E-state index in [1.54, 1.807) is 0 Å². The summed E-state index contributed by atoms with van der Waals surface area (Å²) in [6, 6.07) is 10.2. The Labute approximate surface area is 175 Å². The van der Waals surface area contributed by atoms with Crippen LogP contribution in [0.2, 0.25) is 5.02 Å². The molecular formula is C21H26ClN7. The van der Waals surface area contributed by atoms with E-state index in [0.717, 1.165) is 68.2 Å². The number of nitrogens with zero attached hydrogens (tertiary/aromatic N) is 7. The van der Waals surface area contributed by atoms with Crippen molar-refractivity contribution in [2.75, 3.05) is 49.1 Å². The van der Waals surface area contributed by atoms with Crippen molar-refractivity contribution >= 4 is 28.9 Å². The molecule has 2 aromatic heterocycles. The summed E-state index contributed by atoms with van der Waals surface area (Å²) in [6.45, 7) is 8.86. The third-order valence-corrected chi connectivity index (χ3v) is 6.04. The second kappa shape index (κ2) is 7.80. The van der Waals surface area contributed by atoms with Crippen LogP contribution in [0.25, 0.3) is 5.78 Å². The second-order valence-corrected chi connectivity index (χ2v) is 8.37. The van der Waals surface area contributed by atoms with E-state index in [0.29, 0.717) is 5.78 Å². The minimum absolute atomic E-state index is 0.708. The quantitative estimate of drug-likeness (QED) is 0.657. The Hall–Kier alpha value is -2.38. The van der Waals surface area contributed by atoms with Crippen LogP contribution in [-0.4, -0.2) is 63.8 Å². The number of rotatable bonds is 4. The number of halogens is 1. The standard InChI is InChI=1S/C21H26ClN7/c1-16-13-20(28-7-2-3-8-28)29-21(23-16)24-19(25-29)15-26-9-11-27(12-10-26)18-6-4-5-17(22)14-18/h4-6,13-14H,2-3,7-12,15H2,1H3. The van der Waals surface area contributed by atoms with Crippen LogP contribution in [0.4, 0.5) is 11.5 Å². The highest BCUT2D eigenvalue weighted by atomic mass is 35.5. The SMILES string of the molecule is Cc1cc(N2CCCC2)n2nc(CN3CCN(c4cccc(Cl)c4)CC3)nc2n1. The normalized spacial score (nSPS) is 18.1. The number of benzene rings is 1. The predicted molar refractivity (Wildman–Crippen MR) is 116 cm³/mol. The van der Waals surface area contributed by atoms with E-state index in [9.17, 15) is 0 Å². The minimum atomic E-state index is 0.708. The highest BCUT2D eigenvalue weighted by molar-refractivity contribution is 6.30. The Morgan fingerprint density at radius 3 is 2.48 bits per heavy atom. The molecule has 152 valence electrons. The van der Waals surface area contributed by atoms with Gasteiger partial charge in [-0.1, -0.05) is 17.7 Å². The van der Waals surface area contributed by atoms with Crippen LogP contribution in [0.15, 0.2) is 30.3 Å². The molecule has 0 saturated carbocycles. The molecule has 0 aliphatic carbocycles. The summed E-state index contributed by atoms with van der Waals surface area (Å²) in [5.74, 6) is 2.67. The molecule has 29 heavy (non-hydrogen) atoms. The van der Waals surface area contributed by atoms with Gasteiger partial charge >= 0.3 is 0 Å². The number of fused-ring (bicyclic) bond motifs is 1. The molecule has 0 bridgehead atoms. The third kappa shape index (κ3) is 3.89. The van der Waals surface area contributed by atoms with Crippen LogP contribution in [0.1, 0.15) is 24.4 Å². The molecule has 0 amide bonds. The molecule has 5 rings (SSSR count). The largest absolute Gasteiger partial charge is 0.369 e. The monoisotopic (exact) mass is 411 g/mol. The molecule has 0 atom stereocenters. The Bertz CT molecular complexity index is 1000. The molecular weight excluding hydrogens is 386 g/mol. The summed E-state index contributed by atoms with van der Waals surface area (Å²) in [5.41, 5.74) is 2.19. The van der Waals surface area contributed by atoms with E-state index < -0.39 is 0 Å². The molecule has 8 heteroatoms. The fourth-order valence-corrected chi connectivity index (χ4v) is 4.47. The molecule has 2 aliphatic rings. The number of piperazine rings is 1. The van der Waals surface area contributed by atoms with Gasteiger partial charge in [0.2, 0.25) is 0 Å². The van der Waals surface area contributed by atoms with E-state index in [1.807, 2.05) is 29.6 Å². The van der Waals surface area contributed by atoms with Crippen LogP contribution in [0.5, 0.6) is 0 Å². The summed E-state index contributed by atoms with van der Waals surface area (Å²) >= 11 is 6.14. The lowest BCUT2D eigenvalue weighted by Crippen LogP contribution is -2.46. The highest BCUT2D eigenvalue weighted by Gasteiger charge is 2.21. The zero-order valence-corrected chi connectivity index (χ0v) is 17.5. The first kappa shape index (κ1) is 18.6. The Kier molecular flexibility index (Phi) is 5.01. The van der Waals surface area contributed by atoms with Gasteiger partial charge in [-0.2, -0.15) is 9.50 Å². The average molecular weight is 412 g/mol. The summed E-state index contributed by atoms with van der Waals surface area (Å²) in [4.78, 5) is 16.5. The lowest BCUT2D eigenvalue weighted by molar-refractivity contribution is 0.244. The smallest absolute Gasteiger partial charge is 0.254 e. The van der Waals surface area contributed by atoms with Crippen LogP contribution in [0.3, 0.4) is 0 Å². The van der Waals surface area contributed by atoms with Crippen molar-refractivity contribution in [1.82, 2.24) is 24.5 Å². The van der Waals surface area contributed by atoms with Gasteiger partial charge in [0.05, 0.1) is 6.54 Å². The van der Waals surface area contributed by atoms with Crippen LogP contribution < -0.4 is 9.80 Å². The molecule has 2 saturated heterocycles. The van der Waals surface area contributed by atoms with Gasteiger partial charge in [0.1, 0.15) is 5.82 Å². The summed E-state index contributed by atoms with van der Waals surface area (Å²) in [5, 5.41) is 5.60. The summed E-state index contributed by atoms with van der Waals surface area (Å²) in [7, 11) is 0. The average Bonchev–Trinajstić information content (AvgIpc) is 3.37. The van der Waals surface area contributed by atoms with Crippen molar-refractivity contribution in [3.63, 3.8) is 0 Å². The maximum absolute atomic E-state index is 6.14. The van der Waals surface area contributed by atoms with Crippen molar-refractivity contribution in [3.05, 3.63) is 46.9 Å².